The molecular formula is C19H23FN2O2S. The van der Waals surface area contributed by atoms with Crippen LogP contribution in [0.4, 0.5) is 4.39 Å². The van der Waals surface area contributed by atoms with Crippen LogP contribution in [0.15, 0.2) is 18.2 Å². The Labute approximate surface area is 151 Å². The van der Waals surface area contributed by atoms with E-state index < -0.39 is 11.8 Å². The Bertz CT molecular complexity index is 827. The lowest BCUT2D eigenvalue weighted by molar-refractivity contribution is 0.0696. The van der Waals surface area contributed by atoms with Gasteiger partial charge in [0.2, 0.25) is 0 Å². The zero-order chi connectivity index (χ0) is 18.4. The molecule has 3 rings (SSSR count). The van der Waals surface area contributed by atoms with Gasteiger partial charge in [0.05, 0.1) is 10.4 Å². The molecule has 2 aromatic rings. The van der Waals surface area contributed by atoms with E-state index in [2.05, 4.69) is 13.8 Å². The number of hydrazine groups is 1. The molecule has 1 aromatic carbocycles. The fourth-order valence-corrected chi connectivity index (χ4v) is 4.94. The van der Waals surface area contributed by atoms with Gasteiger partial charge in [-0.05, 0) is 41.9 Å². The highest BCUT2D eigenvalue weighted by molar-refractivity contribution is 7.16. The fourth-order valence-electron chi connectivity index (χ4n) is 3.55. The van der Waals surface area contributed by atoms with E-state index in [0.717, 1.165) is 23.3 Å². The van der Waals surface area contributed by atoms with Gasteiger partial charge in [-0.25, -0.2) is 14.2 Å². The Morgan fingerprint density at radius 3 is 2.80 bits per heavy atom. The number of halogens is 1. The predicted molar refractivity (Wildman–Crippen MR) is 98.1 cm³/mol. The van der Waals surface area contributed by atoms with Crippen molar-refractivity contribution in [2.24, 2.45) is 11.3 Å². The van der Waals surface area contributed by atoms with E-state index in [1.165, 1.54) is 22.4 Å². The number of thiophene rings is 1. The van der Waals surface area contributed by atoms with Crippen LogP contribution in [0, 0.1) is 11.2 Å². The zero-order valence-corrected chi connectivity index (χ0v) is 15.5. The summed E-state index contributed by atoms with van der Waals surface area (Å²) in [6, 6.07) is 4.81. The molecule has 1 heterocycles. The highest BCUT2D eigenvalue weighted by Crippen LogP contribution is 2.46. The van der Waals surface area contributed by atoms with E-state index in [9.17, 15) is 14.3 Å². The van der Waals surface area contributed by atoms with Crippen LogP contribution >= 0.6 is 11.3 Å². The maximum atomic E-state index is 14.7. The summed E-state index contributed by atoms with van der Waals surface area (Å²) in [6.07, 6.45) is 2.56. The zero-order valence-electron chi connectivity index (χ0n) is 14.7. The van der Waals surface area contributed by atoms with Crippen LogP contribution in [0.3, 0.4) is 0 Å². The number of rotatable bonds is 4. The van der Waals surface area contributed by atoms with Crippen molar-refractivity contribution in [1.82, 2.24) is 5.01 Å². The highest BCUT2D eigenvalue weighted by atomic mass is 32.1. The molecule has 0 aliphatic heterocycles. The Morgan fingerprint density at radius 2 is 2.16 bits per heavy atom. The van der Waals surface area contributed by atoms with Crippen molar-refractivity contribution in [2.75, 3.05) is 7.05 Å². The summed E-state index contributed by atoms with van der Waals surface area (Å²) in [5.41, 5.74) is 2.27. The molecule has 3 N–H and O–H groups in total. The molecule has 0 spiro atoms. The molecule has 0 fully saturated rings. The molecule has 6 heteroatoms. The average molecular weight is 362 g/mol. The van der Waals surface area contributed by atoms with E-state index in [4.69, 9.17) is 5.84 Å². The fraction of sp³-hybridized carbons (Fsp3) is 0.421. The number of benzene rings is 1. The first-order valence-corrected chi connectivity index (χ1v) is 9.12. The van der Waals surface area contributed by atoms with E-state index in [0.29, 0.717) is 29.0 Å². The van der Waals surface area contributed by atoms with Gasteiger partial charge >= 0.3 is 5.97 Å². The summed E-state index contributed by atoms with van der Waals surface area (Å²) >= 11 is 1.42. The van der Waals surface area contributed by atoms with Crippen molar-refractivity contribution in [2.45, 2.75) is 39.7 Å². The van der Waals surface area contributed by atoms with Gasteiger partial charge in [-0.15, -0.1) is 11.3 Å². The number of hydrogen-bond acceptors (Lipinski definition) is 4. The van der Waals surface area contributed by atoms with Crippen LogP contribution in [-0.4, -0.2) is 23.1 Å². The van der Waals surface area contributed by atoms with Gasteiger partial charge in [-0.3, -0.25) is 5.84 Å². The number of nitrogens with two attached hydrogens (primary N) is 1. The summed E-state index contributed by atoms with van der Waals surface area (Å²) in [5, 5.41) is 11.3. The van der Waals surface area contributed by atoms with E-state index in [-0.39, 0.29) is 11.0 Å². The maximum Gasteiger partial charge on any atom is 0.337 e. The van der Waals surface area contributed by atoms with E-state index >= 15 is 0 Å². The van der Waals surface area contributed by atoms with Crippen molar-refractivity contribution in [3.8, 4) is 10.4 Å². The molecule has 134 valence electrons. The summed E-state index contributed by atoms with van der Waals surface area (Å²) in [5.74, 6) is 4.36. The van der Waals surface area contributed by atoms with Gasteiger partial charge in [0, 0.05) is 24.0 Å². The van der Waals surface area contributed by atoms with Gasteiger partial charge in [-0.1, -0.05) is 26.0 Å². The molecule has 0 bridgehead atoms. The number of fused-ring (bicyclic) bond motifs is 1. The molecule has 0 saturated carbocycles. The van der Waals surface area contributed by atoms with Crippen molar-refractivity contribution in [1.29, 1.82) is 0 Å². The normalized spacial score (nSPS) is 16.1. The standard InChI is InChI=1S/C19H23FN2O2S/c1-19(2)8-7-14-12(9-19)16(18(23)24)17(25-14)15-11(10-22(3)21)5-4-6-13(15)20/h4-6H,7-10,21H2,1-3H3,(H,23,24). The number of nitrogens with zero attached hydrogens (tertiary/aromatic N) is 1. The Balaban J connectivity index is 2.23. The van der Waals surface area contributed by atoms with Gasteiger partial charge < -0.3 is 5.11 Å². The predicted octanol–water partition coefficient (Wildman–Crippen LogP) is 4.07. The summed E-state index contributed by atoms with van der Waals surface area (Å²) in [7, 11) is 1.70. The second-order valence-electron chi connectivity index (χ2n) is 7.54. The quantitative estimate of drug-likeness (QED) is 0.635. The Hall–Kier alpha value is -1.76. The first-order valence-electron chi connectivity index (χ1n) is 8.31. The average Bonchev–Trinajstić information content (AvgIpc) is 2.83. The lowest BCUT2D eigenvalue weighted by Gasteiger charge is -2.29. The van der Waals surface area contributed by atoms with E-state index in [1.807, 2.05) is 0 Å². The van der Waals surface area contributed by atoms with Crippen LogP contribution in [0.1, 0.15) is 46.6 Å². The number of carbonyl (C=O) groups is 1. The van der Waals surface area contributed by atoms with Gasteiger partial charge in [0.15, 0.2) is 0 Å². The number of carboxylic acids is 1. The number of aryl methyl sites for hydroxylation is 1. The molecule has 0 atom stereocenters. The second-order valence-corrected chi connectivity index (χ2v) is 8.65. The van der Waals surface area contributed by atoms with Crippen LogP contribution in [0.25, 0.3) is 10.4 Å². The van der Waals surface area contributed by atoms with Crippen molar-refractivity contribution >= 4 is 17.3 Å². The van der Waals surface area contributed by atoms with Crippen LogP contribution in [0.5, 0.6) is 0 Å². The van der Waals surface area contributed by atoms with Crippen LogP contribution in [-0.2, 0) is 19.4 Å². The molecular weight excluding hydrogens is 339 g/mol. The minimum absolute atomic E-state index is 0.0606. The molecule has 1 aliphatic carbocycles. The summed E-state index contributed by atoms with van der Waals surface area (Å²) < 4.78 is 14.7. The minimum Gasteiger partial charge on any atom is -0.478 e. The molecule has 0 radical (unpaired) electrons. The summed E-state index contributed by atoms with van der Waals surface area (Å²) in [6.45, 7) is 4.65. The van der Waals surface area contributed by atoms with E-state index in [1.54, 1.807) is 19.2 Å². The lowest BCUT2D eigenvalue weighted by atomic mass is 9.76. The van der Waals surface area contributed by atoms with Gasteiger partial charge in [0.25, 0.3) is 0 Å². The second kappa shape index (κ2) is 6.52. The molecule has 4 nitrogen and oxygen atoms in total. The molecule has 1 aliphatic rings. The van der Waals surface area contributed by atoms with Crippen LogP contribution in [0.2, 0.25) is 0 Å². The minimum atomic E-state index is -0.986. The smallest absolute Gasteiger partial charge is 0.337 e. The molecule has 0 unspecified atom stereocenters. The largest absolute Gasteiger partial charge is 0.478 e. The van der Waals surface area contributed by atoms with Crippen molar-refractivity contribution in [3.05, 3.63) is 45.6 Å². The third-order valence-electron chi connectivity index (χ3n) is 4.74. The van der Waals surface area contributed by atoms with Gasteiger partial charge in [-0.2, -0.15) is 0 Å². The molecule has 0 saturated heterocycles. The van der Waals surface area contributed by atoms with Crippen LogP contribution < -0.4 is 5.84 Å². The third kappa shape index (κ3) is 3.47. The maximum absolute atomic E-state index is 14.7. The first-order chi connectivity index (χ1) is 11.7. The molecule has 1 aromatic heterocycles. The van der Waals surface area contributed by atoms with Crippen molar-refractivity contribution < 1.29 is 14.3 Å². The number of hydrogen-bond donors (Lipinski definition) is 2. The lowest BCUT2D eigenvalue weighted by Crippen LogP contribution is -2.25. The monoisotopic (exact) mass is 362 g/mol. The molecule has 0 amide bonds. The Morgan fingerprint density at radius 1 is 1.44 bits per heavy atom. The number of carboxylic acid groups (broad SMARTS) is 1. The van der Waals surface area contributed by atoms with Crippen molar-refractivity contribution in [3.63, 3.8) is 0 Å². The molecule has 25 heavy (non-hydrogen) atoms. The van der Waals surface area contributed by atoms with Gasteiger partial charge in [0.1, 0.15) is 5.82 Å². The topological polar surface area (TPSA) is 66.6 Å². The first kappa shape index (κ1) is 18.0. The number of aromatic carboxylic acids is 1. The summed E-state index contributed by atoms with van der Waals surface area (Å²) in [4.78, 5) is 13.6. The third-order valence-corrected chi connectivity index (χ3v) is 6.04. The highest BCUT2D eigenvalue weighted by Gasteiger charge is 2.34. The SMILES string of the molecule is CN(N)Cc1cccc(F)c1-c1sc2c(c1C(=O)O)CC(C)(C)CC2. The Kier molecular flexibility index (Phi) is 4.70.